The summed E-state index contributed by atoms with van der Waals surface area (Å²) in [4.78, 5) is 20.5. The molecule has 5 N–H and O–H groups in total. The molecule has 0 saturated heterocycles. The van der Waals surface area contributed by atoms with Crippen LogP contribution in [-0.4, -0.2) is 42.1 Å². The third-order valence-electron chi connectivity index (χ3n) is 6.09. The van der Waals surface area contributed by atoms with Gasteiger partial charge in [-0.15, -0.1) is 0 Å². The van der Waals surface area contributed by atoms with Crippen LogP contribution in [0.25, 0.3) is 22.2 Å². The van der Waals surface area contributed by atoms with Crippen molar-refractivity contribution in [2.75, 3.05) is 12.4 Å². The van der Waals surface area contributed by atoms with Gasteiger partial charge in [0.1, 0.15) is 5.82 Å². The van der Waals surface area contributed by atoms with Crippen molar-refractivity contribution in [3.63, 3.8) is 0 Å². The van der Waals surface area contributed by atoms with E-state index in [0.717, 1.165) is 46.4 Å². The summed E-state index contributed by atoms with van der Waals surface area (Å²) < 4.78 is 27.3. The Morgan fingerprint density at radius 2 is 1.84 bits per heavy atom. The lowest BCUT2D eigenvalue weighted by Crippen LogP contribution is -2.40. The SMILES string of the molecule is CCCc1nc2c(C)cc(NC(=NC)NS(N)(=O)=O)cc2n1Cc1ccc(-c2ccccc2C(=O)O)cc1. The first-order valence-electron chi connectivity index (χ1n) is 12.0. The van der Waals surface area contributed by atoms with Gasteiger partial charge in [-0.05, 0) is 53.8 Å². The van der Waals surface area contributed by atoms with Crippen molar-refractivity contribution in [2.24, 2.45) is 10.1 Å². The maximum atomic E-state index is 11.6. The molecule has 0 amide bonds. The van der Waals surface area contributed by atoms with Crippen LogP contribution in [0.3, 0.4) is 0 Å². The number of imidazole rings is 1. The van der Waals surface area contributed by atoms with Crippen molar-refractivity contribution < 1.29 is 18.3 Å². The quantitative estimate of drug-likeness (QED) is 0.199. The minimum absolute atomic E-state index is 0.00308. The van der Waals surface area contributed by atoms with E-state index in [0.29, 0.717) is 17.8 Å². The van der Waals surface area contributed by atoms with Crippen LogP contribution in [0.1, 0.15) is 40.7 Å². The van der Waals surface area contributed by atoms with E-state index in [4.69, 9.17) is 10.1 Å². The van der Waals surface area contributed by atoms with Crippen LogP contribution < -0.4 is 15.2 Å². The Morgan fingerprint density at radius 1 is 1.13 bits per heavy atom. The molecule has 0 aliphatic carbocycles. The molecular weight excluding hydrogens is 504 g/mol. The van der Waals surface area contributed by atoms with Crippen LogP contribution >= 0.6 is 0 Å². The zero-order valence-electron chi connectivity index (χ0n) is 21.4. The van der Waals surface area contributed by atoms with Crippen molar-refractivity contribution in [3.8, 4) is 11.1 Å². The number of anilines is 1. The molecule has 10 nitrogen and oxygen atoms in total. The van der Waals surface area contributed by atoms with E-state index in [-0.39, 0.29) is 11.5 Å². The van der Waals surface area contributed by atoms with Crippen LogP contribution in [0.2, 0.25) is 0 Å². The first-order valence-corrected chi connectivity index (χ1v) is 13.6. The summed E-state index contributed by atoms with van der Waals surface area (Å²) in [5.41, 5.74) is 6.09. The Morgan fingerprint density at radius 3 is 2.47 bits per heavy atom. The fraction of sp³-hybridized carbons (Fsp3) is 0.222. The van der Waals surface area contributed by atoms with Gasteiger partial charge in [-0.1, -0.05) is 49.4 Å². The predicted octanol–water partition coefficient (Wildman–Crippen LogP) is 3.90. The molecule has 0 bridgehead atoms. The first kappa shape index (κ1) is 26.8. The number of carbonyl (C=O) groups is 1. The fourth-order valence-corrected chi connectivity index (χ4v) is 4.81. The van der Waals surface area contributed by atoms with E-state index in [1.165, 1.54) is 7.05 Å². The number of nitrogens with one attached hydrogen (secondary N) is 2. The number of hydrogen-bond acceptors (Lipinski definition) is 5. The van der Waals surface area contributed by atoms with E-state index in [2.05, 4.69) is 26.5 Å². The minimum atomic E-state index is -3.98. The summed E-state index contributed by atoms with van der Waals surface area (Å²) in [6, 6.07) is 18.6. The van der Waals surface area contributed by atoms with Gasteiger partial charge in [0.05, 0.1) is 16.6 Å². The Kier molecular flexibility index (Phi) is 7.79. The number of aromatic carboxylic acids is 1. The van der Waals surface area contributed by atoms with Crippen molar-refractivity contribution >= 4 is 38.9 Å². The van der Waals surface area contributed by atoms with Crippen molar-refractivity contribution in [1.82, 2.24) is 14.3 Å². The van der Waals surface area contributed by atoms with Gasteiger partial charge >= 0.3 is 5.97 Å². The third-order valence-corrected chi connectivity index (χ3v) is 6.56. The highest BCUT2D eigenvalue weighted by atomic mass is 32.2. The highest BCUT2D eigenvalue weighted by Gasteiger charge is 2.16. The maximum Gasteiger partial charge on any atom is 0.336 e. The predicted molar refractivity (Wildman–Crippen MR) is 150 cm³/mol. The van der Waals surface area contributed by atoms with Crippen LogP contribution in [0.4, 0.5) is 5.69 Å². The number of carboxylic acid groups (broad SMARTS) is 1. The van der Waals surface area contributed by atoms with E-state index in [1.54, 1.807) is 18.2 Å². The number of nitrogens with two attached hydrogens (primary N) is 1. The van der Waals surface area contributed by atoms with E-state index in [9.17, 15) is 18.3 Å². The van der Waals surface area contributed by atoms with E-state index < -0.39 is 16.2 Å². The van der Waals surface area contributed by atoms with Gasteiger partial charge in [0, 0.05) is 25.7 Å². The first-order chi connectivity index (χ1) is 18.1. The van der Waals surface area contributed by atoms with Crippen molar-refractivity contribution in [2.45, 2.75) is 33.2 Å². The van der Waals surface area contributed by atoms with Gasteiger partial charge in [-0.2, -0.15) is 8.42 Å². The molecule has 1 heterocycles. The van der Waals surface area contributed by atoms with Gasteiger partial charge in [0.2, 0.25) is 5.96 Å². The molecule has 198 valence electrons. The molecule has 4 rings (SSSR count). The van der Waals surface area contributed by atoms with Crippen LogP contribution in [0.5, 0.6) is 0 Å². The summed E-state index contributed by atoms with van der Waals surface area (Å²) in [7, 11) is -2.53. The molecule has 0 unspecified atom stereocenters. The van der Waals surface area contributed by atoms with Crippen LogP contribution in [-0.2, 0) is 23.2 Å². The lowest BCUT2D eigenvalue weighted by Gasteiger charge is -2.13. The largest absolute Gasteiger partial charge is 0.478 e. The normalized spacial score (nSPS) is 12.1. The zero-order chi connectivity index (χ0) is 27.4. The number of rotatable bonds is 8. The van der Waals surface area contributed by atoms with Gasteiger partial charge < -0.3 is 15.0 Å². The zero-order valence-corrected chi connectivity index (χ0v) is 22.2. The molecule has 0 spiro atoms. The van der Waals surface area contributed by atoms with Crippen LogP contribution in [0.15, 0.2) is 65.7 Å². The summed E-state index contributed by atoms with van der Waals surface area (Å²) in [5, 5.41) is 17.6. The average Bonchev–Trinajstić information content (AvgIpc) is 3.21. The fourth-order valence-electron chi connectivity index (χ4n) is 4.40. The maximum absolute atomic E-state index is 11.6. The average molecular weight is 535 g/mol. The number of guanidine groups is 1. The number of fused-ring (bicyclic) bond motifs is 1. The monoisotopic (exact) mass is 534 g/mol. The number of carboxylic acids is 1. The molecule has 0 aliphatic heterocycles. The highest BCUT2D eigenvalue weighted by Crippen LogP contribution is 2.28. The Hall–Kier alpha value is -4.22. The lowest BCUT2D eigenvalue weighted by molar-refractivity contribution is 0.0697. The number of nitrogens with zero attached hydrogens (tertiary/aromatic N) is 3. The van der Waals surface area contributed by atoms with Gasteiger partial charge in [-0.3, -0.25) is 4.99 Å². The molecule has 0 atom stereocenters. The molecule has 0 aliphatic rings. The molecular formula is C27H30N6O4S. The summed E-state index contributed by atoms with van der Waals surface area (Å²) in [6.45, 7) is 4.60. The second kappa shape index (κ2) is 11.0. The lowest BCUT2D eigenvalue weighted by atomic mass is 9.99. The standard InChI is InChI=1S/C27H30N6O4S/c1-4-7-24-31-25-17(2)14-20(30-27(29-3)32-38(28,36)37)15-23(25)33(24)16-18-10-12-19(13-11-18)21-8-5-6-9-22(21)26(34)35/h5-6,8-15H,4,7,16H2,1-3H3,(H,34,35)(H2,28,36,37)(H2,29,30,32). The summed E-state index contributed by atoms with van der Waals surface area (Å²) in [6.07, 6.45) is 1.71. The number of aromatic nitrogens is 2. The minimum Gasteiger partial charge on any atom is -0.478 e. The molecule has 0 saturated carbocycles. The molecule has 11 heteroatoms. The summed E-state index contributed by atoms with van der Waals surface area (Å²) >= 11 is 0. The summed E-state index contributed by atoms with van der Waals surface area (Å²) in [5.74, 6) is -0.0208. The molecule has 3 aromatic carbocycles. The number of benzene rings is 3. The highest BCUT2D eigenvalue weighted by molar-refractivity contribution is 7.87. The van der Waals surface area contributed by atoms with Crippen molar-refractivity contribution in [1.29, 1.82) is 0 Å². The number of aryl methyl sites for hydroxylation is 2. The van der Waals surface area contributed by atoms with Gasteiger partial charge in [-0.25, -0.2) is 19.6 Å². The van der Waals surface area contributed by atoms with E-state index in [1.807, 2.05) is 49.4 Å². The molecule has 4 aromatic rings. The van der Waals surface area contributed by atoms with Gasteiger partial charge in [0.15, 0.2) is 0 Å². The van der Waals surface area contributed by atoms with Crippen LogP contribution in [0, 0.1) is 6.92 Å². The number of hydrogen-bond donors (Lipinski definition) is 4. The smallest absolute Gasteiger partial charge is 0.336 e. The topological polar surface area (TPSA) is 152 Å². The van der Waals surface area contributed by atoms with Crippen molar-refractivity contribution in [3.05, 3.63) is 83.2 Å². The Labute approximate surface area is 221 Å². The van der Waals surface area contributed by atoms with E-state index >= 15 is 0 Å². The molecule has 38 heavy (non-hydrogen) atoms. The Bertz CT molecular complexity index is 1630. The second-order valence-corrected chi connectivity index (χ2v) is 10.2. The third kappa shape index (κ3) is 6.01. The van der Waals surface area contributed by atoms with Gasteiger partial charge in [0.25, 0.3) is 10.2 Å². The molecule has 0 radical (unpaired) electrons. The molecule has 1 aromatic heterocycles. The molecule has 0 fully saturated rings. The second-order valence-electron chi connectivity index (χ2n) is 8.92. The Balaban J connectivity index is 1.70. The number of aliphatic imine (C=N–C) groups is 1.